The molecular formula is C12H7BrF2O2. The Balaban J connectivity index is 2.54. The molecule has 2 rings (SSSR count). The largest absolute Gasteiger partial charge is 0.458 e. The SMILES string of the molecule is Cc1ccc(C(=O)c2c(F)ccc(Br)c2F)o1. The van der Waals surface area contributed by atoms with E-state index in [9.17, 15) is 13.6 Å². The average molecular weight is 301 g/mol. The lowest BCUT2D eigenvalue weighted by Crippen LogP contribution is -2.07. The second kappa shape index (κ2) is 4.41. The Morgan fingerprint density at radius 1 is 1.24 bits per heavy atom. The van der Waals surface area contributed by atoms with Crippen molar-refractivity contribution in [2.75, 3.05) is 0 Å². The molecular weight excluding hydrogens is 294 g/mol. The molecule has 0 aliphatic carbocycles. The summed E-state index contributed by atoms with van der Waals surface area (Å²) in [5, 5.41) is 0. The Morgan fingerprint density at radius 2 is 1.94 bits per heavy atom. The van der Waals surface area contributed by atoms with Crippen molar-refractivity contribution >= 4 is 21.7 Å². The molecule has 1 heterocycles. The zero-order chi connectivity index (χ0) is 12.6. The van der Waals surface area contributed by atoms with Crippen molar-refractivity contribution < 1.29 is 18.0 Å². The fourth-order valence-electron chi connectivity index (χ4n) is 1.41. The molecule has 0 atom stereocenters. The summed E-state index contributed by atoms with van der Waals surface area (Å²) in [7, 11) is 0. The van der Waals surface area contributed by atoms with Crippen LogP contribution in [-0.2, 0) is 0 Å². The van der Waals surface area contributed by atoms with Crippen molar-refractivity contribution in [3.05, 3.63) is 57.5 Å². The van der Waals surface area contributed by atoms with Crippen LogP contribution in [0.15, 0.2) is 33.2 Å². The maximum Gasteiger partial charge on any atom is 0.234 e. The quantitative estimate of drug-likeness (QED) is 0.623. The van der Waals surface area contributed by atoms with E-state index >= 15 is 0 Å². The van der Waals surface area contributed by atoms with E-state index in [1.165, 1.54) is 12.1 Å². The molecule has 1 aromatic carbocycles. The van der Waals surface area contributed by atoms with Gasteiger partial charge in [0.25, 0.3) is 0 Å². The van der Waals surface area contributed by atoms with Gasteiger partial charge in [-0.05, 0) is 47.1 Å². The normalized spacial score (nSPS) is 10.6. The molecule has 17 heavy (non-hydrogen) atoms. The molecule has 1 aromatic heterocycles. The minimum absolute atomic E-state index is 0.0329. The van der Waals surface area contributed by atoms with Gasteiger partial charge in [0.05, 0.1) is 10.0 Å². The summed E-state index contributed by atoms with van der Waals surface area (Å²) in [6, 6.07) is 5.17. The second-order valence-electron chi connectivity index (χ2n) is 3.46. The topological polar surface area (TPSA) is 30.2 Å². The van der Waals surface area contributed by atoms with Crippen molar-refractivity contribution in [2.45, 2.75) is 6.92 Å². The lowest BCUT2D eigenvalue weighted by atomic mass is 10.1. The van der Waals surface area contributed by atoms with E-state index in [1.54, 1.807) is 13.0 Å². The second-order valence-corrected chi connectivity index (χ2v) is 4.31. The van der Waals surface area contributed by atoms with Gasteiger partial charge < -0.3 is 4.42 Å². The van der Waals surface area contributed by atoms with E-state index in [0.717, 1.165) is 6.07 Å². The van der Waals surface area contributed by atoms with E-state index in [0.29, 0.717) is 5.76 Å². The zero-order valence-corrected chi connectivity index (χ0v) is 10.3. The van der Waals surface area contributed by atoms with Crippen LogP contribution in [0.4, 0.5) is 8.78 Å². The first-order valence-electron chi connectivity index (χ1n) is 4.75. The van der Waals surface area contributed by atoms with Crippen LogP contribution in [0.1, 0.15) is 21.9 Å². The van der Waals surface area contributed by atoms with Crippen LogP contribution in [0.3, 0.4) is 0 Å². The Hall–Kier alpha value is -1.49. The Bertz CT molecular complexity index is 590. The summed E-state index contributed by atoms with van der Waals surface area (Å²) in [6.07, 6.45) is 0. The zero-order valence-electron chi connectivity index (χ0n) is 8.76. The predicted molar refractivity (Wildman–Crippen MR) is 60.9 cm³/mol. The first-order valence-corrected chi connectivity index (χ1v) is 5.54. The van der Waals surface area contributed by atoms with Gasteiger partial charge in [-0.2, -0.15) is 0 Å². The highest BCUT2D eigenvalue weighted by atomic mass is 79.9. The van der Waals surface area contributed by atoms with Crippen molar-refractivity contribution in [1.29, 1.82) is 0 Å². The van der Waals surface area contributed by atoms with Gasteiger partial charge in [0.2, 0.25) is 5.78 Å². The van der Waals surface area contributed by atoms with Gasteiger partial charge in [-0.1, -0.05) is 0 Å². The molecule has 0 radical (unpaired) electrons. The number of hydrogen-bond acceptors (Lipinski definition) is 2. The molecule has 0 aliphatic heterocycles. The van der Waals surface area contributed by atoms with Gasteiger partial charge in [0, 0.05) is 0 Å². The monoisotopic (exact) mass is 300 g/mol. The molecule has 0 aliphatic rings. The molecule has 0 bridgehead atoms. The predicted octanol–water partition coefficient (Wildman–Crippen LogP) is 3.86. The lowest BCUT2D eigenvalue weighted by Gasteiger charge is -2.03. The molecule has 2 aromatic rings. The first-order chi connectivity index (χ1) is 8.00. The minimum Gasteiger partial charge on any atom is -0.458 e. The molecule has 5 heteroatoms. The standard InChI is InChI=1S/C12H7BrF2O2/c1-6-2-5-9(17-6)12(16)10-8(14)4-3-7(13)11(10)15/h2-5H,1H3. The smallest absolute Gasteiger partial charge is 0.234 e. The number of aryl methyl sites for hydroxylation is 1. The number of carbonyl (C=O) groups excluding carboxylic acids is 1. The Labute approximate surface area is 104 Å². The molecule has 88 valence electrons. The number of rotatable bonds is 2. The third-order valence-corrected chi connectivity index (χ3v) is 2.85. The molecule has 0 unspecified atom stereocenters. The summed E-state index contributed by atoms with van der Waals surface area (Å²) in [6.45, 7) is 1.64. The van der Waals surface area contributed by atoms with Crippen molar-refractivity contribution in [2.24, 2.45) is 0 Å². The van der Waals surface area contributed by atoms with Gasteiger partial charge in [0.1, 0.15) is 11.6 Å². The maximum absolute atomic E-state index is 13.7. The van der Waals surface area contributed by atoms with Crippen molar-refractivity contribution in [3.63, 3.8) is 0 Å². The number of furan rings is 1. The number of ketones is 1. The van der Waals surface area contributed by atoms with E-state index in [2.05, 4.69) is 15.9 Å². The minimum atomic E-state index is -0.927. The van der Waals surface area contributed by atoms with Gasteiger partial charge >= 0.3 is 0 Å². The molecule has 0 amide bonds. The van der Waals surface area contributed by atoms with Crippen LogP contribution in [0, 0.1) is 18.6 Å². The summed E-state index contributed by atoms with van der Waals surface area (Å²) >= 11 is 2.90. The highest BCUT2D eigenvalue weighted by Crippen LogP contribution is 2.24. The Kier molecular flexibility index (Phi) is 3.11. The number of benzene rings is 1. The maximum atomic E-state index is 13.7. The summed E-state index contributed by atoms with van der Waals surface area (Å²) in [4.78, 5) is 11.9. The van der Waals surface area contributed by atoms with E-state index in [1.807, 2.05) is 0 Å². The van der Waals surface area contributed by atoms with Crippen LogP contribution in [0.2, 0.25) is 0 Å². The number of hydrogen-bond donors (Lipinski definition) is 0. The van der Waals surface area contributed by atoms with Crippen LogP contribution in [-0.4, -0.2) is 5.78 Å². The average Bonchev–Trinajstić information content (AvgIpc) is 2.71. The van der Waals surface area contributed by atoms with Gasteiger partial charge in [0.15, 0.2) is 11.6 Å². The summed E-state index contributed by atoms with van der Waals surface area (Å²) < 4.78 is 32.2. The fourth-order valence-corrected chi connectivity index (χ4v) is 1.75. The van der Waals surface area contributed by atoms with Crippen molar-refractivity contribution in [1.82, 2.24) is 0 Å². The third kappa shape index (κ3) is 2.15. The van der Waals surface area contributed by atoms with Crippen LogP contribution in [0.25, 0.3) is 0 Å². The van der Waals surface area contributed by atoms with E-state index < -0.39 is 23.0 Å². The molecule has 0 saturated heterocycles. The van der Waals surface area contributed by atoms with Crippen LogP contribution in [0.5, 0.6) is 0 Å². The fraction of sp³-hybridized carbons (Fsp3) is 0.0833. The molecule has 2 nitrogen and oxygen atoms in total. The van der Waals surface area contributed by atoms with E-state index in [-0.39, 0.29) is 10.2 Å². The summed E-state index contributed by atoms with van der Waals surface area (Å²) in [5.74, 6) is -2.23. The van der Waals surface area contributed by atoms with Crippen molar-refractivity contribution in [3.8, 4) is 0 Å². The van der Waals surface area contributed by atoms with Crippen LogP contribution < -0.4 is 0 Å². The number of carbonyl (C=O) groups is 1. The third-order valence-electron chi connectivity index (χ3n) is 2.24. The number of halogens is 3. The molecule has 0 fully saturated rings. The van der Waals surface area contributed by atoms with Gasteiger partial charge in [-0.3, -0.25) is 4.79 Å². The summed E-state index contributed by atoms with van der Waals surface area (Å²) in [5.41, 5.74) is -0.617. The highest BCUT2D eigenvalue weighted by Gasteiger charge is 2.23. The van der Waals surface area contributed by atoms with E-state index in [4.69, 9.17) is 4.42 Å². The van der Waals surface area contributed by atoms with Crippen LogP contribution >= 0.6 is 15.9 Å². The molecule has 0 N–H and O–H groups in total. The molecule has 0 spiro atoms. The highest BCUT2D eigenvalue weighted by molar-refractivity contribution is 9.10. The van der Waals surface area contributed by atoms with Gasteiger partial charge in [-0.25, -0.2) is 8.78 Å². The first kappa shape index (κ1) is 12.0. The molecule has 0 saturated carbocycles. The lowest BCUT2D eigenvalue weighted by molar-refractivity contribution is 0.0999. The Morgan fingerprint density at radius 3 is 2.53 bits per heavy atom. The van der Waals surface area contributed by atoms with Gasteiger partial charge in [-0.15, -0.1) is 0 Å².